The van der Waals surface area contributed by atoms with E-state index >= 15 is 0 Å². The lowest BCUT2D eigenvalue weighted by Crippen LogP contribution is -2.46. The first-order chi connectivity index (χ1) is 32.3. The quantitative estimate of drug-likeness (QED) is 0.0766. The van der Waals surface area contributed by atoms with Gasteiger partial charge in [0.2, 0.25) is 11.8 Å². The third kappa shape index (κ3) is 11.6. The molecule has 15 heteroatoms. The first-order valence-electron chi connectivity index (χ1n) is 22.8. The first-order valence-corrected chi connectivity index (χ1v) is 22.8. The van der Waals surface area contributed by atoms with Crippen LogP contribution in [0.4, 0.5) is 0 Å². The predicted molar refractivity (Wildman–Crippen MR) is 256 cm³/mol. The maximum atomic E-state index is 14.8. The monoisotopic (exact) mass is 908 g/mol. The summed E-state index contributed by atoms with van der Waals surface area (Å²) in [7, 11) is 1.50. The Hall–Kier alpha value is -6.86. The summed E-state index contributed by atoms with van der Waals surface area (Å²) < 4.78 is 12.3. The van der Waals surface area contributed by atoms with Gasteiger partial charge >= 0.3 is 0 Å². The maximum Gasteiger partial charge on any atom is 0.226 e. The van der Waals surface area contributed by atoms with Crippen LogP contribution < -0.4 is 32.0 Å². The summed E-state index contributed by atoms with van der Waals surface area (Å²) in [6.07, 6.45) is 1.95. The summed E-state index contributed by atoms with van der Waals surface area (Å²) in [4.78, 5) is 81.8. The van der Waals surface area contributed by atoms with Gasteiger partial charge in [-0.05, 0) is 84.5 Å². The van der Waals surface area contributed by atoms with Crippen LogP contribution in [0.2, 0.25) is 0 Å². The van der Waals surface area contributed by atoms with Crippen LogP contribution in [0.25, 0.3) is 33.3 Å². The highest BCUT2D eigenvalue weighted by Crippen LogP contribution is 2.41. The van der Waals surface area contributed by atoms with Crippen molar-refractivity contribution in [1.29, 1.82) is 5.26 Å². The van der Waals surface area contributed by atoms with Crippen molar-refractivity contribution in [2.75, 3.05) is 39.9 Å². The van der Waals surface area contributed by atoms with E-state index in [1.165, 1.54) is 23.7 Å². The Morgan fingerprint density at radius 2 is 1.58 bits per heavy atom. The summed E-state index contributed by atoms with van der Waals surface area (Å²) in [6.45, 7) is 6.27. The highest BCUT2D eigenvalue weighted by Gasteiger charge is 2.36. The molecular formula is C52H60N8O7. The minimum Gasteiger partial charge on any atom is -0.492 e. The SMILES string of the molecule is CCc1ccc(-c2ncc(C(=O)C[C@@H](CCN)C(=O)N(C)[C@@H]3C(=O)C[C@@H](C)C(=O)N[C@H](C(=O)CCC#N)Cc4ccc(OCCN)c(c4)-c4cc3ccc4OCCN)c(C)n2)c2ccccc12. The molecule has 5 aromatic rings. The van der Waals surface area contributed by atoms with Crippen molar-refractivity contribution < 1.29 is 33.4 Å². The zero-order chi connectivity index (χ0) is 48.2. The molecule has 15 nitrogen and oxygen atoms in total. The number of likely N-dealkylation sites (N-methyl/N-ethyl adjacent to an activating group) is 1. The number of nitrogens with zero attached hydrogens (tertiary/aromatic N) is 4. The standard InChI is InChI=1S/C52H60N8O7/c1-5-34-13-15-39(38-10-7-6-9-37(34)38)50-57-30-42(32(3)58-50)45(62)29-36(18-20-54)52(65)60(4)49-35-14-17-48(67-24-22-56)41(28-35)40-26-33(12-16-47(40)66-23-21-55)27-43(44(61)11-8-19-53)59-51(64)31(2)25-46(49)63/h6-7,9-10,12-17,26,28,30-31,36,43,49H,5,8,11,18,20-25,27,29,54-56H2,1-4H3,(H,59,64)/t31-,36-,43+,49+/m1/s1. The van der Waals surface area contributed by atoms with Crippen LogP contribution >= 0.6 is 0 Å². The lowest BCUT2D eigenvalue weighted by molar-refractivity contribution is -0.142. The fraction of sp³-hybridized carbons (Fsp3) is 0.385. The van der Waals surface area contributed by atoms with E-state index in [-0.39, 0.29) is 88.5 Å². The second kappa shape index (κ2) is 23.0. The number of carbonyl (C=O) groups is 5. The molecular weight excluding hydrogens is 849 g/mol. The van der Waals surface area contributed by atoms with Crippen LogP contribution in [-0.4, -0.2) is 90.0 Å². The van der Waals surface area contributed by atoms with E-state index in [4.69, 9.17) is 31.7 Å². The second-order valence-electron chi connectivity index (χ2n) is 16.9. The molecule has 67 heavy (non-hydrogen) atoms. The Kier molecular flexibility index (Phi) is 17.0. The number of benzene rings is 4. The molecule has 0 fully saturated rings. The highest BCUT2D eigenvalue weighted by molar-refractivity contribution is 6.01. The summed E-state index contributed by atoms with van der Waals surface area (Å²) in [5.74, 6) is -2.73. The van der Waals surface area contributed by atoms with Crippen LogP contribution in [0.5, 0.6) is 11.5 Å². The topological polar surface area (TPSA) is 247 Å². The molecule has 0 radical (unpaired) electrons. The number of nitrogens with one attached hydrogen (secondary N) is 1. The van der Waals surface area contributed by atoms with Crippen LogP contribution in [0.15, 0.2) is 79.0 Å². The van der Waals surface area contributed by atoms with Crippen molar-refractivity contribution in [3.8, 4) is 40.1 Å². The summed E-state index contributed by atoms with van der Waals surface area (Å²) >= 11 is 0. The summed E-state index contributed by atoms with van der Waals surface area (Å²) in [5.41, 5.74) is 22.7. The lowest BCUT2D eigenvalue weighted by Gasteiger charge is -2.32. The van der Waals surface area contributed by atoms with E-state index < -0.39 is 41.5 Å². The molecule has 350 valence electrons. The minimum absolute atomic E-state index is 0.0326. The number of rotatable bonds is 18. The number of fused-ring (bicyclic) bond motifs is 6. The van der Waals surface area contributed by atoms with Gasteiger partial charge in [-0.1, -0.05) is 62.4 Å². The molecule has 1 aliphatic heterocycles. The second-order valence-corrected chi connectivity index (χ2v) is 16.9. The zero-order valence-electron chi connectivity index (χ0n) is 38.7. The van der Waals surface area contributed by atoms with E-state index in [0.29, 0.717) is 45.3 Å². The van der Waals surface area contributed by atoms with Gasteiger partial charge in [0, 0.05) is 80.5 Å². The number of amides is 2. The normalized spacial score (nSPS) is 16.6. The largest absolute Gasteiger partial charge is 0.492 e. The molecule has 4 atom stereocenters. The minimum atomic E-state index is -1.24. The van der Waals surface area contributed by atoms with E-state index in [1.807, 2.05) is 36.4 Å². The van der Waals surface area contributed by atoms with Crippen molar-refractivity contribution >= 4 is 39.9 Å². The number of aromatic nitrogens is 2. The Labute approximate surface area is 391 Å². The van der Waals surface area contributed by atoms with Gasteiger partial charge in [-0.3, -0.25) is 24.0 Å². The third-order valence-corrected chi connectivity index (χ3v) is 12.2. The predicted octanol–water partition coefficient (Wildman–Crippen LogP) is 5.76. The van der Waals surface area contributed by atoms with Crippen LogP contribution in [0, 0.1) is 30.1 Å². The Morgan fingerprint density at radius 1 is 0.896 bits per heavy atom. The Balaban J connectivity index is 1.39. The number of aryl methyl sites for hydroxylation is 2. The van der Waals surface area contributed by atoms with Crippen LogP contribution in [0.3, 0.4) is 0 Å². The average molecular weight is 909 g/mol. The van der Waals surface area contributed by atoms with Crippen molar-refractivity contribution in [2.45, 2.75) is 77.8 Å². The number of hydrogen-bond acceptors (Lipinski definition) is 13. The average Bonchev–Trinajstić information content (AvgIpc) is 3.33. The van der Waals surface area contributed by atoms with Crippen molar-refractivity contribution in [3.05, 3.63) is 107 Å². The van der Waals surface area contributed by atoms with E-state index in [9.17, 15) is 29.2 Å². The van der Waals surface area contributed by atoms with Crippen molar-refractivity contribution in [3.63, 3.8) is 0 Å². The van der Waals surface area contributed by atoms with Crippen molar-refractivity contribution in [1.82, 2.24) is 20.2 Å². The molecule has 0 spiro atoms. The molecule has 6 rings (SSSR count). The number of hydrogen-bond donors (Lipinski definition) is 4. The molecule has 2 heterocycles. The number of nitrogens with two attached hydrogens (primary N) is 3. The molecule has 0 aliphatic carbocycles. The number of nitriles is 1. The first kappa shape index (κ1) is 49.6. The molecule has 2 amide bonds. The fourth-order valence-electron chi connectivity index (χ4n) is 8.71. The molecule has 4 aromatic carbocycles. The number of Topliss-reactive ketones (excluding diaryl/α,β-unsaturated/α-hetero) is 3. The molecule has 0 saturated carbocycles. The highest BCUT2D eigenvalue weighted by atomic mass is 16.5. The zero-order valence-corrected chi connectivity index (χ0v) is 38.7. The molecule has 0 unspecified atom stereocenters. The van der Waals surface area contributed by atoms with Gasteiger partial charge in [0.15, 0.2) is 23.2 Å². The van der Waals surface area contributed by atoms with Gasteiger partial charge in [-0.25, -0.2) is 9.97 Å². The molecule has 1 aliphatic rings. The van der Waals surface area contributed by atoms with Gasteiger partial charge in [-0.2, -0.15) is 5.26 Å². The maximum absolute atomic E-state index is 14.8. The summed E-state index contributed by atoms with van der Waals surface area (Å²) in [5, 5.41) is 14.2. The van der Waals surface area contributed by atoms with Crippen LogP contribution in [-0.2, 0) is 32.0 Å². The van der Waals surface area contributed by atoms with E-state index in [2.05, 4.69) is 29.4 Å². The van der Waals surface area contributed by atoms with Gasteiger partial charge in [0.05, 0.1) is 23.4 Å². The van der Waals surface area contributed by atoms with Crippen molar-refractivity contribution in [2.24, 2.45) is 29.0 Å². The molecule has 0 saturated heterocycles. The fourth-order valence-corrected chi connectivity index (χ4v) is 8.71. The Bertz CT molecular complexity index is 2680. The molecule has 4 bridgehead atoms. The van der Waals surface area contributed by atoms with Gasteiger partial charge < -0.3 is 36.9 Å². The Morgan fingerprint density at radius 3 is 2.24 bits per heavy atom. The number of ketones is 3. The van der Waals surface area contributed by atoms with Gasteiger partial charge in [0.1, 0.15) is 30.8 Å². The summed E-state index contributed by atoms with van der Waals surface area (Å²) in [6, 6.07) is 22.4. The van der Waals surface area contributed by atoms with E-state index in [1.54, 1.807) is 44.2 Å². The van der Waals surface area contributed by atoms with Crippen LogP contribution in [0.1, 0.15) is 84.7 Å². The number of ether oxygens (including phenoxy) is 2. The smallest absolute Gasteiger partial charge is 0.226 e. The molecule has 7 N–H and O–H groups in total. The lowest BCUT2D eigenvalue weighted by atomic mass is 9.88. The molecule has 1 aromatic heterocycles. The number of carbonyl (C=O) groups excluding carboxylic acids is 5. The van der Waals surface area contributed by atoms with Gasteiger partial charge in [0.25, 0.3) is 0 Å². The van der Waals surface area contributed by atoms with Gasteiger partial charge in [-0.15, -0.1) is 0 Å². The third-order valence-electron chi connectivity index (χ3n) is 12.2. The van der Waals surface area contributed by atoms with E-state index in [0.717, 1.165) is 22.8 Å².